The second-order valence-electron chi connectivity index (χ2n) is 13.0. The maximum Gasteiger partial charge on any atom is 0.335 e. The molecule has 0 aliphatic carbocycles. The third-order valence-corrected chi connectivity index (χ3v) is 8.73. The maximum absolute atomic E-state index is 11.5. The first kappa shape index (κ1) is 38.2. The van der Waals surface area contributed by atoms with Gasteiger partial charge in [0.25, 0.3) is 0 Å². The third kappa shape index (κ3) is 10.7. The van der Waals surface area contributed by atoms with Crippen LogP contribution in [0.1, 0.15) is 114 Å². The summed E-state index contributed by atoms with van der Waals surface area (Å²) in [5.74, 6) is 1.87. The van der Waals surface area contributed by atoms with Crippen LogP contribution in [0.3, 0.4) is 0 Å². The highest BCUT2D eigenvalue weighted by Crippen LogP contribution is 2.42. The van der Waals surface area contributed by atoms with Crippen LogP contribution < -0.4 is 19.2 Å². The highest BCUT2D eigenvalue weighted by atomic mass is 16.5. The smallest absolute Gasteiger partial charge is 0.335 e. The Labute approximate surface area is 306 Å². The summed E-state index contributed by atoms with van der Waals surface area (Å²) in [6, 6.07) is 17.9. The summed E-state index contributed by atoms with van der Waals surface area (Å²) in [7, 11) is 0. The van der Waals surface area contributed by atoms with Crippen LogP contribution in [0.4, 0.5) is 5.69 Å². The number of ether oxygens (including phenoxy) is 4. The van der Waals surface area contributed by atoms with E-state index >= 15 is 0 Å². The van der Waals surface area contributed by atoms with E-state index in [1.54, 1.807) is 23.2 Å². The second kappa shape index (κ2) is 20.1. The lowest BCUT2D eigenvalue weighted by molar-refractivity contribution is 0.0697. The lowest BCUT2D eigenvalue weighted by Gasteiger charge is -2.18. The van der Waals surface area contributed by atoms with E-state index in [4.69, 9.17) is 23.4 Å². The number of carbonyl (C=O) groups is 1. The third-order valence-electron chi connectivity index (χ3n) is 8.73. The molecule has 1 aromatic heterocycles. The van der Waals surface area contributed by atoms with Gasteiger partial charge in [-0.1, -0.05) is 90.7 Å². The molecular weight excluding hydrogens is 660 g/mol. The van der Waals surface area contributed by atoms with Crippen LogP contribution in [0, 0.1) is 0 Å². The van der Waals surface area contributed by atoms with Crippen LogP contribution >= 0.6 is 0 Å². The molecule has 3 aromatic carbocycles. The zero-order valence-electron chi connectivity index (χ0n) is 30.8. The normalized spacial score (nSPS) is 12.4. The SMILES string of the molecule is CCCCCCOc1cc(-c2nnc(-c3cccc(N4COC(c5cccc(C(=O)O)c5)=N4)c3)o2)cc(OCCCCCC)c1OCCCCCC. The molecule has 0 saturated carbocycles. The van der Waals surface area contributed by atoms with E-state index in [2.05, 4.69) is 36.1 Å². The van der Waals surface area contributed by atoms with Crippen LogP contribution in [0.15, 0.2) is 70.2 Å². The summed E-state index contributed by atoms with van der Waals surface area (Å²) in [4.78, 5) is 11.5. The lowest BCUT2D eigenvalue weighted by atomic mass is 10.1. The summed E-state index contributed by atoms with van der Waals surface area (Å²) in [5.41, 5.74) is 2.89. The van der Waals surface area contributed by atoms with Crippen molar-refractivity contribution < 1.29 is 33.3 Å². The average molecular weight is 713 g/mol. The van der Waals surface area contributed by atoms with E-state index in [9.17, 15) is 9.90 Å². The summed E-state index contributed by atoms with van der Waals surface area (Å²) >= 11 is 0. The number of hydrogen-bond acceptors (Lipinski definition) is 10. The fourth-order valence-electron chi connectivity index (χ4n) is 5.79. The van der Waals surface area contributed by atoms with Crippen LogP contribution in [-0.4, -0.2) is 53.7 Å². The first-order chi connectivity index (χ1) is 25.5. The van der Waals surface area contributed by atoms with Crippen molar-refractivity contribution in [1.29, 1.82) is 0 Å². The number of carboxylic acids is 1. The molecule has 0 saturated heterocycles. The van der Waals surface area contributed by atoms with Gasteiger partial charge in [-0.15, -0.1) is 15.3 Å². The van der Waals surface area contributed by atoms with Gasteiger partial charge in [0.15, 0.2) is 18.2 Å². The van der Waals surface area contributed by atoms with Gasteiger partial charge < -0.3 is 28.5 Å². The molecule has 1 aliphatic rings. The number of aromatic carboxylic acids is 1. The molecule has 5 rings (SSSR count). The first-order valence-electron chi connectivity index (χ1n) is 18.8. The van der Waals surface area contributed by atoms with Gasteiger partial charge in [0, 0.05) is 16.7 Å². The Hall–Kier alpha value is -5.06. The Morgan fingerprint density at radius 1 is 0.692 bits per heavy atom. The monoisotopic (exact) mass is 712 g/mol. The van der Waals surface area contributed by atoms with Crippen molar-refractivity contribution in [3.8, 4) is 40.2 Å². The topological polar surface area (TPSA) is 129 Å². The van der Waals surface area contributed by atoms with E-state index < -0.39 is 5.97 Å². The molecule has 1 N–H and O–H groups in total. The molecule has 11 heteroatoms. The van der Waals surface area contributed by atoms with Crippen LogP contribution in [-0.2, 0) is 4.74 Å². The van der Waals surface area contributed by atoms with Crippen molar-refractivity contribution in [1.82, 2.24) is 10.2 Å². The molecule has 0 radical (unpaired) electrons. The van der Waals surface area contributed by atoms with E-state index in [0.717, 1.165) is 63.5 Å². The van der Waals surface area contributed by atoms with Gasteiger partial charge in [-0.05, 0) is 67.8 Å². The second-order valence-corrected chi connectivity index (χ2v) is 13.0. The number of anilines is 1. The molecular formula is C41H52N4O7. The number of aromatic nitrogens is 2. The zero-order chi connectivity index (χ0) is 36.5. The van der Waals surface area contributed by atoms with Crippen LogP contribution in [0.5, 0.6) is 17.2 Å². The molecule has 0 bridgehead atoms. The molecule has 52 heavy (non-hydrogen) atoms. The molecule has 0 fully saturated rings. The standard InChI is InChI=1S/C41H52N4O7/c1-4-7-10-13-22-48-35-27-33(28-36(49-23-14-11-8-5-2)37(35)50-24-15-12-9-6-3)39-43-42-38(52-39)31-19-17-21-34(26-31)45-29-51-40(44-45)30-18-16-20-32(25-30)41(46)47/h16-21,25-28H,4-15,22-24,29H2,1-3H3,(H,46,47). The maximum atomic E-state index is 11.5. The minimum atomic E-state index is -1.01. The lowest BCUT2D eigenvalue weighted by Crippen LogP contribution is -2.12. The predicted molar refractivity (Wildman–Crippen MR) is 202 cm³/mol. The van der Waals surface area contributed by atoms with Gasteiger partial charge in [-0.25, -0.2) is 9.80 Å². The molecule has 2 heterocycles. The molecule has 0 amide bonds. The molecule has 1 aliphatic heterocycles. The number of unbranched alkanes of at least 4 members (excludes halogenated alkanes) is 9. The van der Waals surface area contributed by atoms with Crippen LogP contribution in [0.2, 0.25) is 0 Å². The van der Waals surface area contributed by atoms with Crippen molar-refractivity contribution in [2.75, 3.05) is 31.6 Å². The first-order valence-corrected chi connectivity index (χ1v) is 18.8. The number of hydrogen-bond donors (Lipinski definition) is 1. The fourth-order valence-corrected chi connectivity index (χ4v) is 5.79. The van der Waals surface area contributed by atoms with E-state index in [1.807, 2.05) is 36.4 Å². The molecule has 0 spiro atoms. The number of hydrazone groups is 1. The highest BCUT2D eigenvalue weighted by molar-refractivity contribution is 5.98. The largest absolute Gasteiger partial charge is 0.490 e. The number of nitrogens with zero attached hydrogens (tertiary/aromatic N) is 4. The molecule has 0 atom stereocenters. The van der Waals surface area contributed by atoms with Gasteiger partial charge in [-0.3, -0.25) is 0 Å². The van der Waals surface area contributed by atoms with E-state index in [0.29, 0.717) is 71.4 Å². The number of benzene rings is 3. The molecule has 278 valence electrons. The zero-order valence-corrected chi connectivity index (χ0v) is 30.8. The average Bonchev–Trinajstić information content (AvgIpc) is 3.87. The molecule has 0 unspecified atom stereocenters. The minimum absolute atomic E-state index is 0.164. The number of carboxylic acid groups (broad SMARTS) is 1. The van der Waals surface area contributed by atoms with Crippen molar-refractivity contribution in [3.05, 3.63) is 71.8 Å². The predicted octanol–water partition coefficient (Wildman–Crippen LogP) is 10.1. The van der Waals surface area contributed by atoms with Crippen molar-refractivity contribution >= 4 is 17.6 Å². The molecule has 4 aromatic rings. The summed E-state index contributed by atoms with van der Waals surface area (Å²) in [6.07, 6.45) is 13.2. The van der Waals surface area contributed by atoms with Gasteiger partial charge in [-0.2, -0.15) is 0 Å². The minimum Gasteiger partial charge on any atom is -0.490 e. The van der Waals surface area contributed by atoms with Gasteiger partial charge in [0.1, 0.15) is 0 Å². The number of rotatable bonds is 23. The van der Waals surface area contributed by atoms with Gasteiger partial charge in [0.2, 0.25) is 23.4 Å². The summed E-state index contributed by atoms with van der Waals surface area (Å²) in [5, 5.41) is 24.5. The Morgan fingerprint density at radius 3 is 1.88 bits per heavy atom. The molecule has 11 nitrogen and oxygen atoms in total. The Kier molecular flexibility index (Phi) is 14.8. The van der Waals surface area contributed by atoms with Gasteiger partial charge >= 0.3 is 5.97 Å². The summed E-state index contributed by atoms with van der Waals surface area (Å²) in [6.45, 7) is 8.50. The fraction of sp³-hybridized carbons (Fsp3) is 0.463. The van der Waals surface area contributed by atoms with Crippen molar-refractivity contribution in [2.45, 2.75) is 97.8 Å². The van der Waals surface area contributed by atoms with E-state index in [-0.39, 0.29) is 12.3 Å². The van der Waals surface area contributed by atoms with Crippen molar-refractivity contribution in [2.24, 2.45) is 5.10 Å². The summed E-state index contributed by atoms with van der Waals surface area (Å²) < 4.78 is 31.2. The van der Waals surface area contributed by atoms with Crippen molar-refractivity contribution in [3.63, 3.8) is 0 Å². The van der Waals surface area contributed by atoms with Crippen LogP contribution in [0.25, 0.3) is 22.9 Å². The Bertz CT molecular complexity index is 1720. The van der Waals surface area contributed by atoms with E-state index in [1.165, 1.54) is 25.3 Å². The Morgan fingerprint density at radius 2 is 1.27 bits per heavy atom. The Balaban J connectivity index is 1.39. The van der Waals surface area contributed by atoms with Gasteiger partial charge in [0.05, 0.1) is 31.1 Å². The quantitative estimate of drug-likeness (QED) is 0.0742. The highest BCUT2D eigenvalue weighted by Gasteiger charge is 2.23.